The Balaban J connectivity index is 1.94. The van der Waals surface area contributed by atoms with Gasteiger partial charge in [0.1, 0.15) is 5.75 Å². The summed E-state index contributed by atoms with van der Waals surface area (Å²) < 4.78 is 16.0. The summed E-state index contributed by atoms with van der Waals surface area (Å²) in [6, 6.07) is 11.1. The number of hydrogen-bond donors (Lipinski definition) is 1. The third-order valence-corrected chi connectivity index (χ3v) is 3.93. The Hall–Kier alpha value is -2.66. The van der Waals surface area contributed by atoms with Gasteiger partial charge in [-0.2, -0.15) is 0 Å². The van der Waals surface area contributed by atoms with E-state index < -0.39 is 0 Å². The quantitative estimate of drug-likeness (QED) is 0.676. The van der Waals surface area contributed by atoms with Crippen molar-refractivity contribution in [3.63, 3.8) is 0 Å². The first kappa shape index (κ1) is 20.6. The molecule has 0 fully saturated rings. The van der Waals surface area contributed by atoms with E-state index >= 15 is 0 Å². The first-order valence-corrected chi connectivity index (χ1v) is 8.93. The van der Waals surface area contributed by atoms with Crippen LogP contribution in [0.5, 0.6) is 17.2 Å². The molecule has 0 aliphatic rings. The summed E-state index contributed by atoms with van der Waals surface area (Å²) in [5, 5.41) is 3.26. The zero-order valence-electron chi connectivity index (χ0n) is 15.9. The van der Waals surface area contributed by atoms with Crippen molar-refractivity contribution in [3.05, 3.63) is 58.6 Å². The van der Waals surface area contributed by atoms with Crippen molar-refractivity contribution in [3.8, 4) is 17.2 Å². The summed E-state index contributed by atoms with van der Waals surface area (Å²) in [6.07, 6.45) is 3.25. The number of nitrogens with one attached hydrogen (secondary N) is 1. The highest BCUT2D eigenvalue weighted by molar-refractivity contribution is 6.32. The van der Waals surface area contributed by atoms with Crippen LogP contribution in [0.15, 0.2) is 42.5 Å². The van der Waals surface area contributed by atoms with Crippen molar-refractivity contribution < 1.29 is 19.0 Å². The lowest BCUT2D eigenvalue weighted by Gasteiger charge is -2.10. The molecular weight excluding hydrogens is 366 g/mol. The molecule has 0 aromatic heterocycles. The molecule has 144 valence electrons. The zero-order chi connectivity index (χ0) is 19.8. The van der Waals surface area contributed by atoms with Gasteiger partial charge in [-0.15, -0.1) is 0 Å². The lowest BCUT2D eigenvalue weighted by molar-refractivity contribution is -0.116. The fourth-order valence-corrected chi connectivity index (χ4v) is 2.71. The lowest BCUT2D eigenvalue weighted by atomic mass is 10.2. The Kier molecular flexibility index (Phi) is 7.55. The minimum atomic E-state index is -0.205. The smallest absolute Gasteiger partial charge is 0.244 e. The molecule has 2 rings (SSSR count). The van der Waals surface area contributed by atoms with Gasteiger partial charge in [-0.05, 0) is 55.3 Å². The number of carbonyl (C=O) groups is 1. The number of rotatable bonds is 8. The standard InChI is InChI=1S/C21H24ClNO4/c1-14(2)27-17-8-5-15(6-9-17)13-23-20(24)10-7-16-11-18(22)21(26-4)19(12-16)25-3/h5-12,14H,13H2,1-4H3,(H,23,24)/b10-7+. The van der Waals surface area contributed by atoms with E-state index in [-0.39, 0.29) is 12.0 Å². The molecule has 0 saturated carbocycles. The first-order chi connectivity index (χ1) is 12.9. The maximum Gasteiger partial charge on any atom is 0.244 e. The molecule has 0 aliphatic heterocycles. The van der Waals surface area contributed by atoms with E-state index in [1.54, 1.807) is 18.2 Å². The molecule has 0 radical (unpaired) electrons. The van der Waals surface area contributed by atoms with Gasteiger partial charge in [0.2, 0.25) is 5.91 Å². The first-order valence-electron chi connectivity index (χ1n) is 8.56. The van der Waals surface area contributed by atoms with Gasteiger partial charge in [0.05, 0.1) is 25.3 Å². The fraction of sp³-hybridized carbons (Fsp3) is 0.286. The van der Waals surface area contributed by atoms with Crippen molar-refractivity contribution in [1.82, 2.24) is 5.32 Å². The summed E-state index contributed by atoms with van der Waals surface area (Å²) >= 11 is 6.16. The Bertz CT molecular complexity index is 801. The van der Waals surface area contributed by atoms with Gasteiger partial charge in [0, 0.05) is 12.6 Å². The lowest BCUT2D eigenvalue weighted by Crippen LogP contribution is -2.20. The number of halogens is 1. The van der Waals surface area contributed by atoms with Gasteiger partial charge in [0.25, 0.3) is 0 Å². The van der Waals surface area contributed by atoms with Crippen LogP contribution in [-0.2, 0) is 11.3 Å². The summed E-state index contributed by atoms with van der Waals surface area (Å²) in [5.41, 5.74) is 1.73. The van der Waals surface area contributed by atoms with Crippen molar-refractivity contribution in [2.24, 2.45) is 0 Å². The molecule has 2 aromatic rings. The highest BCUT2D eigenvalue weighted by Crippen LogP contribution is 2.36. The van der Waals surface area contributed by atoms with Crippen LogP contribution in [0.3, 0.4) is 0 Å². The van der Waals surface area contributed by atoms with Crippen LogP contribution in [0.4, 0.5) is 0 Å². The molecule has 0 saturated heterocycles. The zero-order valence-corrected chi connectivity index (χ0v) is 16.7. The average Bonchev–Trinajstić information content (AvgIpc) is 2.64. The van der Waals surface area contributed by atoms with Crippen molar-refractivity contribution in [1.29, 1.82) is 0 Å². The third-order valence-electron chi connectivity index (χ3n) is 3.64. The number of carbonyl (C=O) groups excluding carboxylic acids is 1. The second-order valence-electron chi connectivity index (χ2n) is 6.10. The number of ether oxygens (including phenoxy) is 3. The largest absolute Gasteiger partial charge is 0.493 e. The van der Waals surface area contributed by atoms with Gasteiger partial charge in [-0.1, -0.05) is 23.7 Å². The molecule has 1 N–H and O–H groups in total. The summed E-state index contributed by atoms with van der Waals surface area (Å²) in [6.45, 7) is 4.38. The van der Waals surface area contributed by atoms with Crippen LogP contribution in [-0.4, -0.2) is 26.2 Å². The molecule has 1 amide bonds. The highest BCUT2D eigenvalue weighted by atomic mass is 35.5. The number of benzene rings is 2. The van der Waals surface area contributed by atoms with E-state index in [0.717, 1.165) is 16.9 Å². The molecule has 0 atom stereocenters. The van der Waals surface area contributed by atoms with Crippen molar-refractivity contribution in [2.45, 2.75) is 26.5 Å². The molecular formula is C21H24ClNO4. The molecule has 0 aliphatic carbocycles. The molecule has 0 unspecified atom stereocenters. The van der Waals surface area contributed by atoms with Crippen LogP contribution >= 0.6 is 11.6 Å². The van der Waals surface area contributed by atoms with Gasteiger partial charge in [-0.25, -0.2) is 0 Å². The monoisotopic (exact) mass is 389 g/mol. The molecule has 0 heterocycles. The Labute approximate surface area is 164 Å². The molecule has 0 bridgehead atoms. The van der Waals surface area contributed by atoms with Crippen LogP contribution in [0.25, 0.3) is 6.08 Å². The normalized spacial score (nSPS) is 10.9. The van der Waals surface area contributed by atoms with Crippen LogP contribution < -0.4 is 19.5 Å². The van der Waals surface area contributed by atoms with Crippen LogP contribution in [0, 0.1) is 0 Å². The minimum Gasteiger partial charge on any atom is -0.493 e. The Morgan fingerprint density at radius 1 is 1.15 bits per heavy atom. The topological polar surface area (TPSA) is 56.8 Å². The van der Waals surface area contributed by atoms with Crippen molar-refractivity contribution in [2.75, 3.05) is 14.2 Å². The maximum atomic E-state index is 12.1. The van der Waals surface area contributed by atoms with Crippen molar-refractivity contribution >= 4 is 23.6 Å². The van der Waals surface area contributed by atoms with E-state index in [1.165, 1.54) is 20.3 Å². The Morgan fingerprint density at radius 3 is 2.44 bits per heavy atom. The van der Waals surface area contributed by atoms with Gasteiger partial charge >= 0.3 is 0 Å². The van der Waals surface area contributed by atoms with Crippen LogP contribution in [0.1, 0.15) is 25.0 Å². The van der Waals surface area contributed by atoms with Gasteiger partial charge in [-0.3, -0.25) is 4.79 Å². The predicted molar refractivity (Wildman–Crippen MR) is 108 cm³/mol. The predicted octanol–water partition coefficient (Wildman–Crippen LogP) is 4.47. The summed E-state index contributed by atoms with van der Waals surface area (Å²) in [4.78, 5) is 12.1. The third kappa shape index (κ3) is 6.22. The van der Waals surface area contributed by atoms with Crippen LogP contribution in [0.2, 0.25) is 5.02 Å². The van der Waals surface area contributed by atoms with E-state index in [4.69, 9.17) is 25.8 Å². The minimum absolute atomic E-state index is 0.130. The Morgan fingerprint density at radius 2 is 1.85 bits per heavy atom. The van der Waals surface area contributed by atoms with Gasteiger partial charge < -0.3 is 19.5 Å². The number of amides is 1. The SMILES string of the molecule is COc1cc(/C=C/C(=O)NCc2ccc(OC(C)C)cc2)cc(Cl)c1OC. The number of hydrogen-bond acceptors (Lipinski definition) is 4. The molecule has 27 heavy (non-hydrogen) atoms. The highest BCUT2D eigenvalue weighted by Gasteiger charge is 2.09. The maximum absolute atomic E-state index is 12.1. The average molecular weight is 390 g/mol. The summed E-state index contributed by atoms with van der Waals surface area (Å²) in [5.74, 6) is 1.58. The molecule has 0 spiro atoms. The van der Waals surface area contributed by atoms with E-state index in [2.05, 4.69) is 5.32 Å². The van der Waals surface area contributed by atoms with E-state index in [0.29, 0.717) is 23.1 Å². The molecule has 2 aromatic carbocycles. The van der Waals surface area contributed by atoms with E-state index in [1.807, 2.05) is 38.1 Å². The fourth-order valence-electron chi connectivity index (χ4n) is 2.41. The number of methoxy groups -OCH3 is 2. The van der Waals surface area contributed by atoms with E-state index in [9.17, 15) is 4.79 Å². The summed E-state index contributed by atoms with van der Waals surface area (Å²) in [7, 11) is 3.06. The molecule has 6 heteroatoms. The van der Waals surface area contributed by atoms with Gasteiger partial charge in [0.15, 0.2) is 11.5 Å². The second kappa shape index (κ2) is 9.88. The second-order valence-corrected chi connectivity index (χ2v) is 6.51. The molecule has 5 nitrogen and oxygen atoms in total.